The summed E-state index contributed by atoms with van der Waals surface area (Å²) in [5.74, 6) is 1.46. The van der Waals surface area contributed by atoms with Crippen LogP contribution in [0.1, 0.15) is 29.3 Å². The summed E-state index contributed by atoms with van der Waals surface area (Å²) in [5.41, 5.74) is 1.52. The van der Waals surface area contributed by atoms with Gasteiger partial charge in [-0.2, -0.15) is 0 Å². The van der Waals surface area contributed by atoms with E-state index in [1.54, 1.807) is 30.6 Å². The lowest BCUT2D eigenvalue weighted by molar-refractivity contribution is 0.00166. The van der Waals surface area contributed by atoms with Gasteiger partial charge in [0.05, 0.1) is 26.4 Å². The number of ether oxygens (including phenoxy) is 4. The zero-order valence-electron chi connectivity index (χ0n) is 19.2. The summed E-state index contributed by atoms with van der Waals surface area (Å²) in [6, 6.07) is 9.39. The molecule has 1 amide bonds. The van der Waals surface area contributed by atoms with Gasteiger partial charge in [-0.05, 0) is 37.6 Å². The third-order valence-corrected chi connectivity index (χ3v) is 6.12. The highest BCUT2D eigenvalue weighted by atomic mass is 16.5. The lowest BCUT2D eigenvalue weighted by Gasteiger charge is -2.37. The third kappa shape index (κ3) is 6.43. The molecule has 2 aliphatic heterocycles. The van der Waals surface area contributed by atoms with E-state index in [-0.39, 0.29) is 11.9 Å². The van der Waals surface area contributed by atoms with Crippen LogP contribution in [0.3, 0.4) is 0 Å². The number of pyridine rings is 1. The number of hydrogen-bond acceptors (Lipinski definition) is 7. The highest BCUT2D eigenvalue weighted by molar-refractivity contribution is 5.94. The predicted octanol–water partition coefficient (Wildman–Crippen LogP) is 2.53. The van der Waals surface area contributed by atoms with Crippen LogP contribution >= 0.6 is 0 Å². The Morgan fingerprint density at radius 1 is 1.18 bits per heavy atom. The van der Waals surface area contributed by atoms with E-state index < -0.39 is 0 Å². The Bertz CT molecular complexity index is 883. The number of amides is 1. The number of benzene rings is 1. The molecule has 3 heterocycles. The van der Waals surface area contributed by atoms with Crippen molar-refractivity contribution < 1.29 is 23.7 Å². The number of carbonyl (C=O) groups is 1. The number of carbonyl (C=O) groups excluding carboxylic acids is 1. The van der Waals surface area contributed by atoms with E-state index in [2.05, 4.69) is 15.2 Å². The van der Waals surface area contributed by atoms with Crippen LogP contribution in [0, 0.1) is 5.92 Å². The quantitative estimate of drug-likeness (QED) is 0.590. The van der Waals surface area contributed by atoms with Crippen LogP contribution in [0.25, 0.3) is 0 Å². The number of rotatable bonds is 10. The van der Waals surface area contributed by atoms with Gasteiger partial charge < -0.3 is 24.3 Å². The van der Waals surface area contributed by atoms with Crippen LogP contribution in [0.2, 0.25) is 0 Å². The van der Waals surface area contributed by atoms with Crippen molar-refractivity contribution in [3.8, 4) is 11.5 Å². The molecule has 8 nitrogen and oxygen atoms in total. The molecule has 0 aliphatic carbocycles. The maximum Gasteiger partial charge on any atom is 0.251 e. The molecule has 1 aromatic heterocycles. The molecule has 2 saturated heterocycles. The molecule has 1 aromatic carbocycles. The van der Waals surface area contributed by atoms with Crippen LogP contribution < -0.4 is 14.8 Å². The Morgan fingerprint density at radius 2 is 2.06 bits per heavy atom. The fourth-order valence-electron chi connectivity index (χ4n) is 4.34. The van der Waals surface area contributed by atoms with Gasteiger partial charge in [0, 0.05) is 61.7 Å². The summed E-state index contributed by atoms with van der Waals surface area (Å²) in [7, 11) is 0. The molecule has 178 valence electrons. The predicted molar refractivity (Wildman–Crippen MR) is 124 cm³/mol. The van der Waals surface area contributed by atoms with Crippen molar-refractivity contribution in [3.05, 3.63) is 53.9 Å². The van der Waals surface area contributed by atoms with Crippen molar-refractivity contribution >= 4 is 5.91 Å². The van der Waals surface area contributed by atoms with Crippen molar-refractivity contribution in [2.45, 2.75) is 26.0 Å². The first-order valence-electron chi connectivity index (χ1n) is 11.7. The summed E-state index contributed by atoms with van der Waals surface area (Å²) >= 11 is 0. The highest BCUT2D eigenvalue weighted by Gasteiger charge is 2.31. The van der Waals surface area contributed by atoms with Crippen molar-refractivity contribution in [2.75, 3.05) is 52.7 Å². The largest absolute Gasteiger partial charge is 0.490 e. The summed E-state index contributed by atoms with van der Waals surface area (Å²) in [6.07, 6.45) is 4.52. The summed E-state index contributed by atoms with van der Waals surface area (Å²) in [4.78, 5) is 19.5. The minimum absolute atomic E-state index is 0.119. The first-order valence-corrected chi connectivity index (χ1v) is 11.7. The minimum Gasteiger partial charge on any atom is -0.490 e. The van der Waals surface area contributed by atoms with Crippen molar-refractivity contribution in [1.82, 2.24) is 15.2 Å². The lowest BCUT2D eigenvalue weighted by Crippen LogP contribution is -2.52. The average molecular weight is 456 g/mol. The topological polar surface area (TPSA) is 82.2 Å². The van der Waals surface area contributed by atoms with Gasteiger partial charge in [-0.25, -0.2) is 0 Å². The van der Waals surface area contributed by atoms with Crippen molar-refractivity contribution in [2.24, 2.45) is 5.92 Å². The molecule has 0 saturated carbocycles. The molecule has 0 spiro atoms. The smallest absolute Gasteiger partial charge is 0.251 e. The molecule has 2 fully saturated rings. The summed E-state index contributed by atoms with van der Waals surface area (Å²) in [6.45, 7) is 8.12. The molecular weight excluding hydrogens is 422 g/mol. The molecule has 2 unspecified atom stereocenters. The van der Waals surface area contributed by atoms with Gasteiger partial charge in [-0.15, -0.1) is 0 Å². The van der Waals surface area contributed by atoms with Crippen LogP contribution in [-0.4, -0.2) is 74.5 Å². The van der Waals surface area contributed by atoms with Crippen LogP contribution in [0.4, 0.5) is 0 Å². The van der Waals surface area contributed by atoms with E-state index in [9.17, 15) is 4.79 Å². The second kappa shape index (κ2) is 12.0. The maximum absolute atomic E-state index is 13.0. The van der Waals surface area contributed by atoms with Gasteiger partial charge >= 0.3 is 0 Å². The Morgan fingerprint density at radius 3 is 2.79 bits per heavy atom. The molecule has 33 heavy (non-hydrogen) atoms. The Kier molecular flexibility index (Phi) is 8.52. The maximum atomic E-state index is 13.0. The second-order valence-electron chi connectivity index (χ2n) is 8.29. The van der Waals surface area contributed by atoms with E-state index in [4.69, 9.17) is 18.9 Å². The number of aromatic nitrogens is 1. The highest BCUT2D eigenvalue weighted by Crippen LogP contribution is 2.29. The summed E-state index contributed by atoms with van der Waals surface area (Å²) < 4.78 is 22.8. The Labute approximate surface area is 195 Å². The van der Waals surface area contributed by atoms with Gasteiger partial charge in [0.25, 0.3) is 5.91 Å². The fourth-order valence-corrected chi connectivity index (χ4v) is 4.34. The van der Waals surface area contributed by atoms with E-state index in [0.29, 0.717) is 42.7 Å². The monoisotopic (exact) mass is 455 g/mol. The lowest BCUT2D eigenvalue weighted by atomic mass is 9.96. The third-order valence-electron chi connectivity index (χ3n) is 6.12. The number of hydrogen-bond donors (Lipinski definition) is 1. The van der Waals surface area contributed by atoms with E-state index >= 15 is 0 Å². The van der Waals surface area contributed by atoms with Crippen LogP contribution in [0.5, 0.6) is 11.5 Å². The number of nitrogens with one attached hydrogen (secondary N) is 1. The van der Waals surface area contributed by atoms with Crippen LogP contribution in [-0.2, 0) is 16.1 Å². The molecule has 0 bridgehead atoms. The zero-order valence-corrected chi connectivity index (χ0v) is 19.2. The Hall–Kier alpha value is -2.68. The molecule has 8 heteroatoms. The van der Waals surface area contributed by atoms with E-state index in [0.717, 1.165) is 51.5 Å². The van der Waals surface area contributed by atoms with E-state index in [1.807, 2.05) is 19.1 Å². The number of morpholine rings is 1. The van der Waals surface area contributed by atoms with Gasteiger partial charge in [0.1, 0.15) is 6.61 Å². The molecule has 2 aromatic rings. The summed E-state index contributed by atoms with van der Waals surface area (Å²) in [5, 5.41) is 3.14. The standard InChI is InChI=1S/C25H33N3O5/c1-2-32-24-14-20(5-6-23(24)33-17-19-4-3-8-26-15-19)25(29)27-16-22(21-7-11-31-18-21)28-9-12-30-13-10-28/h3-6,8,14-15,21-22H,2,7,9-13,16-18H2,1H3,(H,27,29). The molecule has 2 aliphatic rings. The molecule has 2 atom stereocenters. The van der Waals surface area contributed by atoms with Gasteiger partial charge in [-0.3, -0.25) is 14.7 Å². The average Bonchev–Trinajstić information content (AvgIpc) is 3.39. The second-order valence-corrected chi connectivity index (χ2v) is 8.29. The van der Waals surface area contributed by atoms with Crippen LogP contribution in [0.15, 0.2) is 42.7 Å². The zero-order chi connectivity index (χ0) is 22.9. The first kappa shape index (κ1) is 23.5. The van der Waals surface area contributed by atoms with Crippen molar-refractivity contribution in [1.29, 1.82) is 0 Å². The SMILES string of the molecule is CCOc1cc(C(=O)NCC(C2CCOC2)N2CCOCC2)ccc1OCc1cccnc1. The van der Waals surface area contributed by atoms with Crippen molar-refractivity contribution in [3.63, 3.8) is 0 Å². The number of nitrogens with zero attached hydrogens (tertiary/aromatic N) is 2. The molecule has 1 N–H and O–H groups in total. The Balaban J connectivity index is 1.40. The first-order chi connectivity index (χ1) is 16.2. The normalized spacial score (nSPS) is 19.7. The molecule has 4 rings (SSSR count). The molecule has 0 radical (unpaired) electrons. The minimum atomic E-state index is -0.119. The van der Waals surface area contributed by atoms with Gasteiger partial charge in [-0.1, -0.05) is 6.07 Å². The molecular formula is C25H33N3O5. The fraction of sp³-hybridized carbons (Fsp3) is 0.520. The van der Waals surface area contributed by atoms with Gasteiger partial charge in [0.15, 0.2) is 11.5 Å². The van der Waals surface area contributed by atoms with E-state index in [1.165, 1.54) is 0 Å². The van der Waals surface area contributed by atoms with Gasteiger partial charge in [0.2, 0.25) is 0 Å².